The summed E-state index contributed by atoms with van der Waals surface area (Å²) in [6, 6.07) is 2.19. The van der Waals surface area contributed by atoms with Crippen molar-refractivity contribution in [2.45, 2.75) is 71.8 Å². The molecule has 1 aromatic heterocycles. The van der Waals surface area contributed by atoms with Crippen molar-refractivity contribution < 1.29 is 5.11 Å². The molecule has 108 valence electrons. The van der Waals surface area contributed by atoms with Crippen LogP contribution in [0.1, 0.15) is 73.3 Å². The number of unbranched alkanes of at least 4 members (excludes halogenated alkanes) is 1. The van der Waals surface area contributed by atoms with Crippen LogP contribution in [-0.4, -0.2) is 5.11 Å². The van der Waals surface area contributed by atoms with Gasteiger partial charge in [-0.05, 0) is 50.2 Å². The maximum absolute atomic E-state index is 10.6. The molecule has 2 rings (SSSR count). The maximum Gasteiger partial charge on any atom is 0.0828 e. The summed E-state index contributed by atoms with van der Waals surface area (Å²) in [5.74, 6) is 1.42. The molecule has 1 heterocycles. The molecule has 1 N–H and O–H groups in total. The lowest BCUT2D eigenvalue weighted by molar-refractivity contribution is 0.0719. The molecular weight excluding hydrogens is 252 g/mol. The molecule has 1 aromatic rings. The Morgan fingerprint density at radius 1 is 1.26 bits per heavy atom. The average Bonchev–Trinajstić information content (AvgIpc) is 2.75. The molecule has 1 saturated carbocycles. The highest BCUT2D eigenvalue weighted by Crippen LogP contribution is 2.40. The van der Waals surface area contributed by atoms with Gasteiger partial charge in [0.05, 0.1) is 6.10 Å². The van der Waals surface area contributed by atoms with Crippen molar-refractivity contribution in [2.75, 3.05) is 0 Å². The van der Waals surface area contributed by atoms with Crippen LogP contribution in [0, 0.1) is 25.7 Å². The van der Waals surface area contributed by atoms with E-state index in [1.807, 2.05) is 11.3 Å². The molecule has 1 fully saturated rings. The fourth-order valence-corrected chi connectivity index (χ4v) is 4.45. The minimum absolute atomic E-state index is 0.225. The van der Waals surface area contributed by atoms with Gasteiger partial charge in [0.25, 0.3) is 0 Å². The number of aryl methyl sites for hydroxylation is 2. The lowest BCUT2D eigenvalue weighted by Crippen LogP contribution is -2.20. The fourth-order valence-electron chi connectivity index (χ4n) is 3.48. The average molecular weight is 280 g/mol. The molecule has 2 heteroatoms. The Hall–Kier alpha value is -0.340. The van der Waals surface area contributed by atoms with E-state index in [1.165, 1.54) is 60.3 Å². The van der Waals surface area contributed by atoms with Gasteiger partial charge in [0.1, 0.15) is 0 Å². The third-order valence-electron chi connectivity index (χ3n) is 4.70. The Labute approximate surface area is 122 Å². The van der Waals surface area contributed by atoms with Crippen LogP contribution in [0.15, 0.2) is 6.07 Å². The number of thiophene rings is 1. The molecular formula is C17H28OS. The summed E-state index contributed by atoms with van der Waals surface area (Å²) < 4.78 is 0. The van der Waals surface area contributed by atoms with Crippen molar-refractivity contribution in [3.8, 4) is 0 Å². The summed E-state index contributed by atoms with van der Waals surface area (Å²) in [5, 5.41) is 10.6. The van der Waals surface area contributed by atoms with E-state index in [4.69, 9.17) is 0 Å². The predicted molar refractivity (Wildman–Crippen MR) is 83.7 cm³/mol. The Kier molecular flexibility index (Phi) is 5.47. The van der Waals surface area contributed by atoms with Crippen LogP contribution in [0.4, 0.5) is 0 Å². The third-order valence-corrected chi connectivity index (χ3v) is 5.68. The molecule has 0 saturated heterocycles. The van der Waals surface area contributed by atoms with Crippen LogP contribution in [0.5, 0.6) is 0 Å². The highest BCUT2D eigenvalue weighted by atomic mass is 32.1. The highest BCUT2D eigenvalue weighted by Gasteiger charge is 2.28. The van der Waals surface area contributed by atoms with Gasteiger partial charge in [-0.2, -0.15) is 0 Å². The van der Waals surface area contributed by atoms with Gasteiger partial charge in [0.2, 0.25) is 0 Å². The van der Waals surface area contributed by atoms with E-state index < -0.39 is 0 Å². The molecule has 1 nitrogen and oxygen atoms in total. The zero-order valence-electron chi connectivity index (χ0n) is 12.6. The van der Waals surface area contributed by atoms with Crippen molar-refractivity contribution in [2.24, 2.45) is 11.8 Å². The van der Waals surface area contributed by atoms with Crippen LogP contribution in [0.25, 0.3) is 0 Å². The van der Waals surface area contributed by atoms with E-state index in [1.54, 1.807) is 0 Å². The first-order valence-electron chi connectivity index (χ1n) is 7.86. The molecule has 1 aliphatic rings. The minimum Gasteiger partial charge on any atom is -0.388 e. The second-order valence-corrected chi connectivity index (χ2v) is 7.70. The predicted octanol–water partition coefficient (Wildman–Crippen LogP) is 5.39. The van der Waals surface area contributed by atoms with Crippen LogP contribution in [0.3, 0.4) is 0 Å². The van der Waals surface area contributed by atoms with Gasteiger partial charge in [-0.1, -0.05) is 39.0 Å². The largest absolute Gasteiger partial charge is 0.388 e. The smallest absolute Gasteiger partial charge is 0.0828 e. The normalized spacial score (nSPS) is 25.5. The van der Waals surface area contributed by atoms with E-state index in [2.05, 4.69) is 26.8 Å². The number of hydrogen-bond donors (Lipinski definition) is 1. The molecule has 1 aliphatic carbocycles. The number of hydrogen-bond acceptors (Lipinski definition) is 2. The van der Waals surface area contributed by atoms with Crippen molar-refractivity contribution in [3.63, 3.8) is 0 Å². The lowest BCUT2D eigenvalue weighted by Gasteiger charge is -2.31. The Bertz CT molecular complexity index is 388. The second-order valence-electron chi connectivity index (χ2n) is 6.24. The van der Waals surface area contributed by atoms with Crippen molar-refractivity contribution in [1.29, 1.82) is 0 Å². The van der Waals surface area contributed by atoms with E-state index in [0.29, 0.717) is 5.92 Å². The number of aliphatic hydroxyl groups excluding tert-OH is 1. The molecule has 0 spiro atoms. The topological polar surface area (TPSA) is 20.2 Å². The van der Waals surface area contributed by atoms with Gasteiger partial charge in [-0.3, -0.25) is 0 Å². The van der Waals surface area contributed by atoms with Crippen molar-refractivity contribution in [3.05, 3.63) is 21.4 Å². The van der Waals surface area contributed by atoms with E-state index in [-0.39, 0.29) is 6.10 Å². The fraction of sp³-hybridized carbons (Fsp3) is 0.765. The molecule has 0 aromatic carbocycles. The van der Waals surface area contributed by atoms with Gasteiger partial charge in [0, 0.05) is 9.75 Å². The Balaban J connectivity index is 1.89. The van der Waals surface area contributed by atoms with Crippen molar-refractivity contribution in [1.82, 2.24) is 0 Å². The second kappa shape index (κ2) is 6.90. The number of aliphatic hydroxyl groups is 1. The van der Waals surface area contributed by atoms with E-state index in [9.17, 15) is 5.11 Å². The van der Waals surface area contributed by atoms with E-state index in [0.717, 1.165) is 5.92 Å². The van der Waals surface area contributed by atoms with E-state index >= 15 is 0 Å². The standard InChI is InChI=1S/C17H28OS/c1-4-5-6-14-7-9-15(10-8-14)17(18)16-11-12(2)19-13(16)3/h11,14-15,17-18H,4-10H2,1-3H3. The lowest BCUT2D eigenvalue weighted by atomic mass is 9.76. The zero-order chi connectivity index (χ0) is 13.8. The zero-order valence-corrected chi connectivity index (χ0v) is 13.4. The molecule has 0 aliphatic heterocycles. The highest BCUT2D eigenvalue weighted by molar-refractivity contribution is 7.12. The third kappa shape index (κ3) is 3.82. The molecule has 0 radical (unpaired) electrons. The van der Waals surface area contributed by atoms with Gasteiger partial charge >= 0.3 is 0 Å². The SMILES string of the molecule is CCCCC1CCC(C(O)c2cc(C)sc2C)CC1. The minimum atomic E-state index is -0.225. The van der Waals surface area contributed by atoms with Gasteiger partial charge in [-0.15, -0.1) is 11.3 Å². The molecule has 1 atom stereocenters. The first kappa shape index (κ1) is 15.1. The van der Waals surface area contributed by atoms with Gasteiger partial charge in [0.15, 0.2) is 0 Å². The first-order valence-corrected chi connectivity index (χ1v) is 8.68. The summed E-state index contributed by atoms with van der Waals surface area (Å²) >= 11 is 1.81. The summed E-state index contributed by atoms with van der Waals surface area (Å²) in [6.07, 6.45) is 8.94. The maximum atomic E-state index is 10.6. The van der Waals surface area contributed by atoms with Crippen LogP contribution >= 0.6 is 11.3 Å². The summed E-state index contributed by atoms with van der Waals surface area (Å²) in [7, 11) is 0. The van der Waals surface area contributed by atoms with Gasteiger partial charge < -0.3 is 5.11 Å². The molecule has 19 heavy (non-hydrogen) atoms. The summed E-state index contributed by atoms with van der Waals surface area (Å²) in [4.78, 5) is 2.63. The Morgan fingerprint density at radius 3 is 2.47 bits per heavy atom. The first-order chi connectivity index (χ1) is 9.11. The van der Waals surface area contributed by atoms with Gasteiger partial charge in [-0.25, -0.2) is 0 Å². The molecule has 0 bridgehead atoms. The molecule has 1 unspecified atom stereocenters. The summed E-state index contributed by atoms with van der Waals surface area (Å²) in [5.41, 5.74) is 1.19. The van der Waals surface area contributed by atoms with Crippen LogP contribution in [0.2, 0.25) is 0 Å². The molecule has 0 amide bonds. The number of rotatable bonds is 5. The summed E-state index contributed by atoms with van der Waals surface area (Å²) in [6.45, 7) is 6.55. The Morgan fingerprint density at radius 2 is 1.95 bits per heavy atom. The van der Waals surface area contributed by atoms with Crippen LogP contribution < -0.4 is 0 Å². The van der Waals surface area contributed by atoms with Crippen LogP contribution in [-0.2, 0) is 0 Å². The van der Waals surface area contributed by atoms with Crippen molar-refractivity contribution >= 4 is 11.3 Å². The monoisotopic (exact) mass is 280 g/mol. The quantitative estimate of drug-likeness (QED) is 0.766.